The first-order valence-corrected chi connectivity index (χ1v) is 7.38. The molecule has 4 nitrogen and oxygen atoms in total. The minimum Gasteiger partial charge on any atom is -0.389 e. The van der Waals surface area contributed by atoms with Crippen LogP contribution in [0.5, 0.6) is 0 Å². The van der Waals surface area contributed by atoms with Gasteiger partial charge in [-0.25, -0.2) is 13.1 Å². The van der Waals surface area contributed by atoms with Crippen LogP contribution in [0, 0.1) is 5.41 Å². The van der Waals surface area contributed by atoms with Crippen molar-refractivity contribution in [3.05, 3.63) is 0 Å². The Kier molecular flexibility index (Phi) is 5.42. The molecule has 0 bridgehead atoms. The quantitative estimate of drug-likeness (QED) is 0.752. The summed E-state index contributed by atoms with van der Waals surface area (Å²) in [5.74, 6) is 0.0729. The van der Waals surface area contributed by atoms with Crippen LogP contribution in [0.15, 0.2) is 0 Å². The third kappa shape index (κ3) is 6.45. The van der Waals surface area contributed by atoms with Gasteiger partial charge in [-0.05, 0) is 18.3 Å². The van der Waals surface area contributed by atoms with Gasteiger partial charge in [0.2, 0.25) is 10.0 Å². The lowest BCUT2D eigenvalue weighted by Crippen LogP contribution is -2.44. The van der Waals surface area contributed by atoms with E-state index in [-0.39, 0.29) is 17.7 Å². The van der Waals surface area contributed by atoms with Crippen LogP contribution in [0.3, 0.4) is 0 Å². The van der Waals surface area contributed by atoms with Gasteiger partial charge in [0.15, 0.2) is 0 Å². The normalized spacial score (nSPS) is 14.1. The molecule has 16 heavy (non-hydrogen) atoms. The zero-order valence-electron chi connectivity index (χ0n) is 11.0. The topological polar surface area (TPSA) is 66.4 Å². The molecule has 0 aliphatic heterocycles. The number of sulfonamides is 1. The molecule has 0 aliphatic carbocycles. The van der Waals surface area contributed by atoms with Gasteiger partial charge in [-0.3, -0.25) is 0 Å². The van der Waals surface area contributed by atoms with Crippen molar-refractivity contribution in [1.29, 1.82) is 0 Å². The van der Waals surface area contributed by atoms with E-state index in [4.69, 9.17) is 0 Å². The van der Waals surface area contributed by atoms with E-state index in [1.165, 1.54) is 0 Å². The monoisotopic (exact) mass is 251 g/mol. The first kappa shape index (κ1) is 15.9. The summed E-state index contributed by atoms with van der Waals surface area (Å²) in [6.07, 6.45) is 1.09. The maximum absolute atomic E-state index is 11.7. The van der Waals surface area contributed by atoms with Crippen LogP contribution in [0.2, 0.25) is 0 Å². The van der Waals surface area contributed by atoms with E-state index in [0.717, 1.165) is 0 Å². The molecule has 0 heterocycles. The highest BCUT2D eigenvalue weighted by atomic mass is 32.2. The number of rotatable bonds is 6. The summed E-state index contributed by atoms with van der Waals surface area (Å²) in [4.78, 5) is 0. The highest BCUT2D eigenvalue weighted by molar-refractivity contribution is 7.89. The van der Waals surface area contributed by atoms with Gasteiger partial charge in [-0.1, -0.05) is 34.6 Å². The second-order valence-electron chi connectivity index (χ2n) is 5.57. The molecule has 0 spiro atoms. The summed E-state index contributed by atoms with van der Waals surface area (Å²) in [7, 11) is -3.30. The Labute approximate surface area is 99.5 Å². The molecule has 5 heteroatoms. The predicted molar refractivity (Wildman–Crippen MR) is 66.8 cm³/mol. The summed E-state index contributed by atoms with van der Waals surface area (Å²) in [6, 6.07) is 0. The Morgan fingerprint density at radius 2 is 1.56 bits per heavy atom. The average molecular weight is 251 g/mol. The average Bonchev–Trinajstić information content (AvgIpc) is 2.11. The molecular formula is C11H25NO3S. The van der Waals surface area contributed by atoms with E-state index >= 15 is 0 Å². The number of hydrogen-bond acceptors (Lipinski definition) is 3. The van der Waals surface area contributed by atoms with Crippen molar-refractivity contribution < 1.29 is 13.5 Å². The van der Waals surface area contributed by atoms with Gasteiger partial charge in [0.05, 0.1) is 11.4 Å². The Bertz CT molecular complexity index is 300. The standard InChI is InChI=1S/C11H25NO3S/c1-6-11(13,7-2)8-12-16(14,15)9-10(3,4)5/h12-13H,6-9H2,1-5H3. The lowest BCUT2D eigenvalue weighted by atomic mass is 9.98. The van der Waals surface area contributed by atoms with E-state index in [9.17, 15) is 13.5 Å². The Hall–Kier alpha value is -0.130. The maximum atomic E-state index is 11.7. The van der Waals surface area contributed by atoms with Crippen molar-refractivity contribution in [3.63, 3.8) is 0 Å². The van der Waals surface area contributed by atoms with Gasteiger partial charge in [0, 0.05) is 6.54 Å². The van der Waals surface area contributed by atoms with Crippen molar-refractivity contribution in [2.75, 3.05) is 12.3 Å². The van der Waals surface area contributed by atoms with Crippen molar-refractivity contribution in [3.8, 4) is 0 Å². The lowest BCUT2D eigenvalue weighted by Gasteiger charge is -2.26. The fraction of sp³-hybridized carbons (Fsp3) is 1.00. The molecule has 0 atom stereocenters. The van der Waals surface area contributed by atoms with Gasteiger partial charge in [-0.2, -0.15) is 0 Å². The number of aliphatic hydroxyl groups is 1. The molecule has 0 fully saturated rings. The molecule has 0 aromatic carbocycles. The van der Waals surface area contributed by atoms with Gasteiger partial charge in [0.25, 0.3) is 0 Å². The number of hydrogen-bond donors (Lipinski definition) is 2. The molecule has 0 saturated heterocycles. The van der Waals surface area contributed by atoms with Crippen LogP contribution >= 0.6 is 0 Å². The Morgan fingerprint density at radius 1 is 1.12 bits per heavy atom. The van der Waals surface area contributed by atoms with Gasteiger partial charge in [-0.15, -0.1) is 0 Å². The zero-order chi connectivity index (χ0) is 13.0. The third-order valence-electron chi connectivity index (χ3n) is 2.56. The van der Waals surface area contributed by atoms with Gasteiger partial charge < -0.3 is 5.11 Å². The minimum atomic E-state index is -3.30. The highest BCUT2D eigenvalue weighted by Gasteiger charge is 2.27. The van der Waals surface area contributed by atoms with E-state index in [0.29, 0.717) is 12.8 Å². The third-order valence-corrected chi connectivity index (χ3v) is 4.39. The van der Waals surface area contributed by atoms with E-state index in [1.54, 1.807) is 0 Å². The molecule has 2 N–H and O–H groups in total. The molecule has 0 radical (unpaired) electrons. The summed E-state index contributed by atoms with van der Waals surface area (Å²) in [5, 5.41) is 9.96. The van der Waals surface area contributed by atoms with Crippen molar-refractivity contribution in [2.45, 2.75) is 53.1 Å². The highest BCUT2D eigenvalue weighted by Crippen LogP contribution is 2.17. The molecule has 0 rings (SSSR count). The SMILES string of the molecule is CCC(O)(CC)CNS(=O)(=O)CC(C)(C)C. The van der Waals surface area contributed by atoms with Crippen molar-refractivity contribution in [2.24, 2.45) is 5.41 Å². The second kappa shape index (κ2) is 5.47. The Morgan fingerprint density at radius 3 is 1.88 bits per heavy atom. The van der Waals surface area contributed by atoms with Crippen LogP contribution in [-0.4, -0.2) is 31.4 Å². The van der Waals surface area contributed by atoms with Gasteiger partial charge >= 0.3 is 0 Å². The summed E-state index contributed by atoms with van der Waals surface area (Å²) in [6.45, 7) is 9.41. The Balaban J connectivity index is 4.41. The molecule has 0 aliphatic rings. The van der Waals surface area contributed by atoms with Crippen LogP contribution in [-0.2, 0) is 10.0 Å². The minimum absolute atomic E-state index is 0.0729. The summed E-state index contributed by atoms with van der Waals surface area (Å²) in [5.41, 5.74) is -1.20. The molecule has 0 unspecified atom stereocenters. The molecular weight excluding hydrogens is 226 g/mol. The largest absolute Gasteiger partial charge is 0.389 e. The molecule has 0 saturated carbocycles. The van der Waals surface area contributed by atoms with Crippen LogP contribution in [0.1, 0.15) is 47.5 Å². The van der Waals surface area contributed by atoms with Crippen molar-refractivity contribution >= 4 is 10.0 Å². The first-order chi connectivity index (χ1) is 7.04. The van der Waals surface area contributed by atoms with E-state index in [2.05, 4.69) is 4.72 Å². The zero-order valence-corrected chi connectivity index (χ0v) is 11.8. The maximum Gasteiger partial charge on any atom is 0.212 e. The summed E-state index contributed by atoms with van der Waals surface area (Å²) < 4.78 is 25.9. The second-order valence-corrected chi connectivity index (χ2v) is 7.38. The fourth-order valence-electron chi connectivity index (χ4n) is 1.37. The fourth-order valence-corrected chi connectivity index (χ4v) is 3.10. The molecule has 0 amide bonds. The smallest absolute Gasteiger partial charge is 0.212 e. The molecule has 0 aromatic rings. The predicted octanol–water partition coefficient (Wildman–Crippen LogP) is 1.50. The van der Waals surface area contributed by atoms with Crippen LogP contribution in [0.4, 0.5) is 0 Å². The van der Waals surface area contributed by atoms with Gasteiger partial charge in [0.1, 0.15) is 0 Å². The van der Waals surface area contributed by atoms with E-state index in [1.807, 2.05) is 34.6 Å². The first-order valence-electron chi connectivity index (χ1n) is 5.73. The van der Waals surface area contributed by atoms with Crippen molar-refractivity contribution in [1.82, 2.24) is 4.72 Å². The van der Waals surface area contributed by atoms with Crippen LogP contribution in [0.25, 0.3) is 0 Å². The van der Waals surface area contributed by atoms with Crippen LogP contribution < -0.4 is 4.72 Å². The molecule has 0 aromatic heterocycles. The molecule has 98 valence electrons. The van der Waals surface area contributed by atoms with E-state index < -0.39 is 15.6 Å². The number of nitrogens with one attached hydrogen (secondary N) is 1. The lowest BCUT2D eigenvalue weighted by molar-refractivity contribution is 0.0376. The summed E-state index contributed by atoms with van der Waals surface area (Å²) >= 11 is 0.